The van der Waals surface area contributed by atoms with Crippen LogP contribution in [-0.4, -0.2) is 15.5 Å². The standard InChI is InChI=1S/2C18H15P.CH2Cl2.2NO3.Pt/c2*1-4-10-16(11-5-1)19(17-12-6-2-7-13-17)18-14-8-3-9-15-18;2-1-3;2*2-1(3)4;/h2*1-15H;1H2;;;/q;;;2*-1;+2/p+2. The van der Waals surface area contributed by atoms with E-state index in [2.05, 4.69) is 182 Å². The van der Waals surface area contributed by atoms with Gasteiger partial charge in [-0.25, -0.2) is 0 Å². The van der Waals surface area contributed by atoms with Crippen LogP contribution in [0.15, 0.2) is 182 Å². The molecule has 0 N–H and O–H groups in total. The molecule has 6 aromatic rings. The van der Waals surface area contributed by atoms with Crippen molar-refractivity contribution < 1.29 is 31.2 Å². The summed E-state index contributed by atoms with van der Waals surface area (Å²) in [6, 6.07) is 65.0. The second-order valence-electron chi connectivity index (χ2n) is 9.49. The molecule has 0 fully saturated rings. The molecule has 0 amide bonds. The Morgan fingerprint density at radius 1 is 0.360 bits per heavy atom. The molecule has 0 saturated carbocycles. The first-order chi connectivity index (χ1) is 23.8. The van der Waals surface area contributed by atoms with Crippen molar-refractivity contribution in [2.45, 2.75) is 0 Å². The van der Waals surface area contributed by atoms with E-state index < -0.39 is 26.0 Å². The molecule has 260 valence electrons. The van der Waals surface area contributed by atoms with Gasteiger partial charge in [0.2, 0.25) is 0 Å². The molecule has 0 aliphatic carbocycles. The van der Waals surface area contributed by atoms with E-state index in [-0.39, 0.29) is 26.4 Å². The van der Waals surface area contributed by atoms with E-state index >= 15 is 0 Å². The number of rotatable bonds is 6. The maximum absolute atomic E-state index is 8.25. The summed E-state index contributed by atoms with van der Waals surface area (Å²) in [5, 5.41) is 38.3. The molecular formula is C37H34Cl2N2O6P2Pt+2. The summed E-state index contributed by atoms with van der Waals surface area (Å²) in [5.74, 6) is 0. The fraction of sp³-hybridized carbons (Fsp3) is 0.0270. The second kappa shape index (κ2) is 26.7. The maximum Gasteiger partial charge on any atom is 2.00 e. The minimum atomic E-state index is -1.75. The molecule has 0 bridgehead atoms. The zero-order chi connectivity index (χ0) is 35.7. The van der Waals surface area contributed by atoms with Crippen molar-refractivity contribution in [1.29, 1.82) is 0 Å². The fourth-order valence-corrected chi connectivity index (χ4v) is 9.78. The van der Waals surface area contributed by atoms with Gasteiger partial charge in [0.05, 0.1) is 31.4 Å². The predicted octanol–water partition coefficient (Wildman–Crippen LogP) is 7.30. The molecule has 6 rings (SSSR count). The van der Waals surface area contributed by atoms with Crippen molar-refractivity contribution in [2.75, 3.05) is 5.34 Å². The Labute approximate surface area is 318 Å². The minimum Gasteiger partial charge on any atom is -0.356 e. The normalized spacial score (nSPS) is 9.36. The Balaban J connectivity index is 0.000000382. The summed E-state index contributed by atoms with van der Waals surface area (Å²) >= 11 is 9.53. The summed E-state index contributed by atoms with van der Waals surface area (Å²) in [7, 11) is -1.75. The van der Waals surface area contributed by atoms with Crippen LogP contribution in [0.2, 0.25) is 0 Å². The van der Waals surface area contributed by atoms with Gasteiger partial charge in [-0.05, 0) is 72.8 Å². The van der Waals surface area contributed by atoms with E-state index in [9.17, 15) is 0 Å². The molecule has 0 heterocycles. The van der Waals surface area contributed by atoms with Gasteiger partial charge in [-0.2, -0.15) is 0 Å². The van der Waals surface area contributed by atoms with E-state index in [4.69, 9.17) is 53.8 Å². The monoisotopic (exact) mass is 929 g/mol. The van der Waals surface area contributed by atoms with Crippen molar-refractivity contribution in [3.63, 3.8) is 0 Å². The number of hydrogen-bond acceptors (Lipinski definition) is 6. The van der Waals surface area contributed by atoms with Crippen LogP contribution in [0.1, 0.15) is 0 Å². The third-order valence-corrected chi connectivity index (χ3v) is 11.8. The van der Waals surface area contributed by atoms with Gasteiger partial charge in [0.25, 0.3) is 0 Å². The smallest absolute Gasteiger partial charge is 0.356 e. The largest absolute Gasteiger partial charge is 2.00 e. The summed E-state index contributed by atoms with van der Waals surface area (Å²) in [6.07, 6.45) is 0. The topological polar surface area (TPSA) is 132 Å². The molecule has 6 aromatic carbocycles. The molecule has 13 heteroatoms. The summed E-state index contributed by atoms with van der Waals surface area (Å²) in [5.41, 5.74) is 0. The predicted molar refractivity (Wildman–Crippen MR) is 210 cm³/mol. The molecule has 0 aromatic heterocycles. The average molecular weight is 931 g/mol. The number of hydrogen-bond donors (Lipinski definition) is 0. The van der Waals surface area contributed by atoms with Crippen LogP contribution in [0.25, 0.3) is 0 Å². The Hall–Kier alpha value is -4.15. The Morgan fingerprint density at radius 2 is 0.460 bits per heavy atom. The maximum atomic E-state index is 8.25. The van der Waals surface area contributed by atoms with Gasteiger partial charge in [0, 0.05) is 0 Å². The van der Waals surface area contributed by atoms with E-state index in [1.54, 1.807) is 0 Å². The van der Waals surface area contributed by atoms with Gasteiger partial charge in [-0.15, -0.1) is 23.2 Å². The molecule has 0 aliphatic rings. The minimum absolute atomic E-state index is 0. The Bertz CT molecular complexity index is 1410. The third kappa shape index (κ3) is 17.5. The second-order valence-corrected chi connectivity index (χ2v) is 15.3. The van der Waals surface area contributed by atoms with Gasteiger partial charge in [0.1, 0.15) is 31.8 Å². The first kappa shape index (κ1) is 43.9. The Morgan fingerprint density at radius 3 is 0.560 bits per heavy atom. The number of alkyl halides is 2. The zero-order valence-electron chi connectivity index (χ0n) is 26.4. The van der Waals surface area contributed by atoms with Crippen LogP contribution >= 0.6 is 39.0 Å². The van der Waals surface area contributed by atoms with Crippen molar-refractivity contribution in [3.8, 4) is 0 Å². The van der Waals surface area contributed by atoms with E-state index in [1.165, 1.54) is 31.8 Å². The average Bonchev–Trinajstić information content (AvgIpc) is 3.12. The molecule has 0 radical (unpaired) electrons. The first-order valence-electron chi connectivity index (χ1n) is 14.6. The SMILES string of the molecule is ClCCl.O=[N+]([O-])[O-].O=[N+]([O-])[O-].[Pt+2].c1ccc([PH+](c2ccccc2)c2ccccc2)cc1.c1ccc([PH+](c2ccccc2)c2ccccc2)cc1. The quantitative estimate of drug-likeness (QED) is 0.0746. The van der Waals surface area contributed by atoms with Gasteiger partial charge >= 0.3 is 21.1 Å². The summed E-state index contributed by atoms with van der Waals surface area (Å²) in [6.45, 7) is 0. The molecule has 0 spiro atoms. The molecule has 0 unspecified atom stereocenters. The van der Waals surface area contributed by atoms with Crippen LogP contribution < -0.4 is 31.8 Å². The summed E-state index contributed by atoms with van der Waals surface area (Å²) in [4.78, 5) is 16.5. The molecule has 8 nitrogen and oxygen atoms in total. The zero-order valence-corrected chi connectivity index (χ0v) is 32.2. The number of benzene rings is 6. The van der Waals surface area contributed by atoms with Crippen molar-refractivity contribution >= 4 is 70.9 Å². The third-order valence-electron chi connectivity index (χ3n) is 6.37. The van der Waals surface area contributed by atoms with Gasteiger partial charge in [0.15, 0.2) is 0 Å². The van der Waals surface area contributed by atoms with Crippen molar-refractivity contribution in [3.05, 3.63) is 213 Å². The molecule has 50 heavy (non-hydrogen) atoms. The summed E-state index contributed by atoms with van der Waals surface area (Å²) < 4.78 is 0. The molecular weight excluding hydrogens is 896 g/mol. The van der Waals surface area contributed by atoms with E-state index in [1.807, 2.05) is 0 Å². The van der Waals surface area contributed by atoms with Gasteiger partial charge < -0.3 is 30.6 Å². The molecule has 0 aliphatic heterocycles. The van der Waals surface area contributed by atoms with Crippen LogP contribution in [0, 0.1) is 30.6 Å². The number of halogens is 2. The fourth-order valence-electron chi connectivity index (χ4n) is 4.63. The Kier molecular flexibility index (Phi) is 23.4. The van der Waals surface area contributed by atoms with Crippen molar-refractivity contribution in [1.82, 2.24) is 0 Å². The van der Waals surface area contributed by atoms with Gasteiger partial charge in [-0.1, -0.05) is 109 Å². The van der Waals surface area contributed by atoms with E-state index in [0.717, 1.165) is 0 Å². The van der Waals surface area contributed by atoms with Crippen molar-refractivity contribution in [2.24, 2.45) is 0 Å². The van der Waals surface area contributed by atoms with Crippen LogP contribution in [-0.2, 0) is 21.1 Å². The molecule has 0 saturated heterocycles. The first-order valence-corrected chi connectivity index (χ1v) is 18.7. The van der Waals surface area contributed by atoms with Crippen LogP contribution in [0.4, 0.5) is 0 Å². The van der Waals surface area contributed by atoms with Crippen LogP contribution in [0.3, 0.4) is 0 Å². The van der Waals surface area contributed by atoms with Gasteiger partial charge in [-0.3, -0.25) is 0 Å². The van der Waals surface area contributed by atoms with E-state index in [0.29, 0.717) is 0 Å². The number of nitrogens with zero attached hydrogens (tertiary/aromatic N) is 2. The van der Waals surface area contributed by atoms with Crippen LogP contribution in [0.5, 0.6) is 0 Å². The molecule has 0 atom stereocenters.